The molecule has 0 amide bonds. The first kappa shape index (κ1) is 15.4. The van der Waals surface area contributed by atoms with Crippen molar-refractivity contribution in [2.45, 2.75) is 84.3 Å². The molecule has 0 radical (unpaired) electrons. The Morgan fingerprint density at radius 2 is 1.64 bits per heavy atom. The molecule has 0 aromatic rings. The molecule has 0 spiro atoms. The molecule has 0 aliphatic heterocycles. The third kappa shape index (κ3) is 1.86. The first-order valence-corrected chi connectivity index (χ1v) is 9.73. The lowest BCUT2D eigenvalue weighted by molar-refractivity contribution is -0.156. The lowest BCUT2D eigenvalue weighted by Crippen LogP contribution is -2.57. The lowest BCUT2D eigenvalue weighted by atomic mass is 9.43. The summed E-state index contributed by atoms with van der Waals surface area (Å²) in [5, 5.41) is 20.7. The van der Waals surface area contributed by atoms with E-state index in [9.17, 15) is 10.2 Å². The molecule has 4 rings (SSSR count). The van der Waals surface area contributed by atoms with Crippen molar-refractivity contribution in [3.8, 4) is 0 Å². The smallest absolute Gasteiger partial charge is 0.0596 e. The average Bonchev–Trinajstić information content (AvgIpc) is 2.77. The second-order valence-electron chi connectivity index (χ2n) is 9.68. The van der Waals surface area contributed by atoms with Gasteiger partial charge in [-0.2, -0.15) is 0 Å². The third-order valence-electron chi connectivity index (χ3n) is 9.16. The van der Waals surface area contributed by atoms with Crippen LogP contribution in [0.4, 0.5) is 0 Å². The van der Waals surface area contributed by atoms with Crippen molar-refractivity contribution in [3.63, 3.8) is 0 Å². The molecule has 0 bridgehead atoms. The molecule has 2 heteroatoms. The quantitative estimate of drug-likeness (QED) is 0.710. The Morgan fingerprint density at radius 1 is 0.864 bits per heavy atom. The van der Waals surface area contributed by atoms with Crippen LogP contribution < -0.4 is 0 Å². The van der Waals surface area contributed by atoms with Crippen LogP contribution >= 0.6 is 0 Å². The molecule has 0 aromatic carbocycles. The second kappa shape index (κ2) is 4.96. The van der Waals surface area contributed by atoms with E-state index >= 15 is 0 Å². The number of aliphatic hydroxyl groups is 2. The summed E-state index contributed by atoms with van der Waals surface area (Å²) in [6.45, 7) is 7.32. The Kier molecular flexibility index (Phi) is 3.48. The van der Waals surface area contributed by atoms with Crippen LogP contribution in [0.2, 0.25) is 0 Å². The maximum Gasteiger partial charge on any atom is 0.0596 e. The molecule has 2 N–H and O–H groups in total. The summed E-state index contributed by atoms with van der Waals surface area (Å²) in [5.74, 6) is 3.78. The minimum Gasteiger partial charge on any atom is -0.393 e. The summed E-state index contributed by atoms with van der Waals surface area (Å²) in [6.07, 6.45) is 9.37. The van der Waals surface area contributed by atoms with Crippen LogP contribution in [-0.2, 0) is 0 Å². The van der Waals surface area contributed by atoms with E-state index in [0.29, 0.717) is 11.3 Å². The summed E-state index contributed by atoms with van der Waals surface area (Å²) >= 11 is 0. The Hall–Kier alpha value is -0.0800. The van der Waals surface area contributed by atoms with Crippen LogP contribution in [-0.4, -0.2) is 22.4 Å². The second-order valence-corrected chi connectivity index (χ2v) is 9.68. The van der Waals surface area contributed by atoms with Gasteiger partial charge in [0.1, 0.15) is 0 Å². The van der Waals surface area contributed by atoms with Crippen LogP contribution in [0.25, 0.3) is 0 Å². The predicted octanol–water partition coefficient (Wildman–Crippen LogP) is 4.00. The monoisotopic (exact) mass is 306 g/mol. The number of hydrogen-bond acceptors (Lipinski definition) is 2. The normalized spacial score (nSPS) is 61.2. The van der Waals surface area contributed by atoms with Crippen LogP contribution in [0, 0.1) is 40.4 Å². The average molecular weight is 306 g/mol. The minimum atomic E-state index is -0.0632. The van der Waals surface area contributed by atoms with E-state index in [0.717, 1.165) is 42.9 Å². The lowest BCUT2D eigenvalue weighted by Gasteiger charge is -2.62. The maximum absolute atomic E-state index is 10.5. The Bertz CT molecular complexity index is 449. The molecule has 0 unspecified atom stereocenters. The Morgan fingerprint density at radius 3 is 2.41 bits per heavy atom. The standard InChI is InChI=1S/C20H34O2/c1-12-10-14(21)11-13-4-5-15-16-6-7-18(22)19(16,2)9-8-17(15)20(12,13)3/h12-18,21-22H,4-11H2,1-3H3/t12-,13-,14+,15-,16-,17-,18-,19-,20-/m0/s1. The fourth-order valence-corrected chi connectivity index (χ4v) is 7.67. The van der Waals surface area contributed by atoms with Gasteiger partial charge in [0, 0.05) is 0 Å². The van der Waals surface area contributed by atoms with Gasteiger partial charge in [-0.05, 0) is 91.8 Å². The van der Waals surface area contributed by atoms with Gasteiger partial charge in [0.05, 0.1) is 12.2 Å². The number of fused-ring (bicyclic) bond motifs is 5. The first-order valence-electron chi connectivity index (χ1n) is 9.73. The Balaban J connectivity index is 1.66. The highest BCUT2D eigenvalue weighted by Gasteiger charge is 2.61. The molecule has 22 heavy (non-hydrogen) atoms. The van der Waals surface area contributed by atoms with Crippen molar-refractivity contribution in [2.24, 2.45) is 40.4 Å². The van der Waals surface area contributed by atoms with Gasteiger partial charge in [-0.25, -0.2) is 0 Å². The molecular weight excluding hydrogens is 272 g/mol. The summed E-state index contributed by atoms with van der Waals surface area (Å²) in [7, 11) is 0. The summed E-state index contributed by atoms with van der Waals surface area (Å²) in [4.78, 5) is 0. The molecule has 4 aliphatic carbocycles. The van der Waals surface area contributed by atoms with Crippen LogP contribution in [0.5, 0.6) is 0 Å². The highest BCUT2D eigenvalue weighted by molar-refractivity contribution is 5.10. The summed E-state index contributed by atoms with van der Waals surface area (Å²) in [6, 6.07) is 0. The van der Waals surface area contributed by atoms with E-state index in [1.807, 2.05) is 0 Å². The molecule has 9 atom stereocenters. The van der Waals surface area contributed by atoms with Gasteiger partial charge in [0.2, 0.25) is 0 Å². The van der Waals surface area contributed by atoms with Crippen molar-refractivity contribution in [1.82, 2.24) is 0 Å². The first-order chi connectivity index (χ1) is 10.4. The fraction of sp³-hybridized carbons (Fsp3) is 1.00. The molecule has 0 aromatic heterocycles. The fourth-order valence-electron chi connectivity index (χ4n) is 7.67. The Labute approximate surface area is 135 Å². The number of aliphatic hydroxyl groups excluding tert-OH is 2. The van der Waals surface area contributed by atoms with Gasteiger partial charge >= 0.3 is 0 Å². The maximum atomic E-state index is 10.5. The highest BCUT2D eigenvalue weighted by atomic mass is 16.3. The van der Waals surface area contributed by atoms with E-state index in [1.165, 1.54) is 32.1 Å². The molecule has 4 aliphatic rings. The zero-order chi connectivity index (χ0) is 15.7. The van der Waals surface area contributed by atoms with Crippen molar-refractivity contribution in [1.29, 1.82) is 0 Å². The van der Waals surface area contributed by atoms with Crippen LogP contribution in [0.3, 0.4) is 0 Å². The zero-order valence-electron chi connectivity index (χ0n) is 14.6. The largest absolute Gasteiger partial charge is 0.393 e. The van der Waals surface area contributed by atoms with E-state index in [1.54, 1.807) is 0 Å². The van der Waals surface area contributed by atoms with Crippen LogP contribution in [0.15, 0.2) is 0 Å². The van der Waals surface area contributed by atoms with Gasteiger partial charge in [-0.15, -0.1) is 0 Å². The van der Waals surface area contributed by atoms with Gasteiger partial charge < -0.3 is 10.2 Å². The molecule has 0 heterocycles. The predicted molar refractivity (Wildman–Crippen MR) is 88.3 cm³/mol. The number of hydrogen-bond donors (Lipinski definition) is 2. The topological polar surface area (TPSA) is 40.5 Å². The van der Waals surface area contributed by atoms with E-state index in [4.69, 9.17) is 0 Å². The molecule has 126 valence electrons. The van der Waals surface area contributed by atoms with Crippen molar-refractivity contribution in [2.75, 3.05) is 0 Å². The molecule has 0 saturated heterocycles. The molecule has 4 saturated carbocycles. The SMILES string of the molecule is C[C@H]1C[C@@H](O)C[C@@H]2CC[C@H]3[C@@H]4CC[C@H](O)[C@@]4(C)CC[C@@H]3[C@]21C. The van der Waals surface area contributed by atoms with Crippen LogP contribution in [0.1, 0.15) is 72.1 Å². The molecule has 4 fully saturated rings. The van der Waals surface area contributed by atoms with Crippen molar-refractivity contribution in [3.05, 3.63) is 0 Å². The van der Waals surface area contributed by atoms with E-state index < -0.39 is 0 Å². The molecule has 2 nitrogen and oxygen atoms in total. The van der Waals surface area contributed by atoms with Gasteiger partial charge in [0.15, 0.2) is 0 Å². The zero-order valence-corrected chi connectivity index (χ0v) is 14.6. The van der Waals surface area contributed by atoms with Crippen molar-refractivity contribution < 1.29 is 10.2 Å². The summed E-state index contributed by atoms with van der Waals surface area (Å²) < 4.78 is 0. The van der Waals surface area contributed by atoms with Crippen molar-refractivity contribution >= 4 is 0 Å². The molecular formula is C20H34O2. The highest BCUT2D eigenvalue weighted by Crippen LogP contribution is 2.67. The summed E-state index contributed by atoms with van der Waals surface area (Å²) in [5.41, 5.74) is 0.624. The van der Waals surface area contributed by atoms with E-state index in [2.05, 4.69) is 20.8 Å². The van der Waals surface area contributed by atoms with Gasteiger partial charge in [0.25, 0.3) is 0 Å². The minimum absolute atomic E-state index is 0.0606. The van der Waals surface area contributed by atoms with E-state index in [-0.39, 0.29) is 17.6 Å². The third-order valence-corrected chi connectivity index (χ3v) is 9.16. The van der Waals surface area contributed by atoms with Gasteiger partial charge in [-0.3, -0.25) is 0 Å². The number of rotatable bonds is 0. The van der Waals surface area contributed by atoms with Gasteiger partial charge in [-0.1, -0.05) is 20.8 Å².